The number of sulfone groups is 1. The quantitative estimate of drug-likeness (QED) is 0.841. The molecule has 21 heavy (non-hydrogen) atoms. The molecule has 1 aliphatic heterocycles. The highest BCUT2D eigenvalue weighted by molar-refractivity contribution is 7.90. The molecule has 1 saturated heterocycles. The third-order valence-electron chi connectivity index (χ3n) is 5.97. The zero-order valence-electron chi connectivity index (χ0n) is 13.5. The summed E-state index contributed by atoms with van der Waals surface area (Å²) in [5, 5.41) is 3.87. The van der Waals surface area contributed by atoms with Gasteiger partial charge >= 0.3 is 0 Å². The molecule has 3 rings (SSSR count). The van der Waals surface area contributed by atoms with Crippen molar-refractivity contribution in [1.29, 1.82) is 0 Å². The Kier molecular flexibility index (Phi) is 4.13. The Labute approximate surface area is 129 Å². The van der Waals surface area contributed by atoms with Crippen molar-refractivity contribution in [2.45, 2.75) is 62.9 Å². The molecule has 1 heterocycles. The molecule has 0 radical (unpaired) electrons. The van der Waals surface area contributed by atoms with Crippen LogP contribution in [0.25, 0.3) is 0 Å². The van der Waals surface area contributed by atoms with Crippen LogP contribution in [0.1, 0.15) is 51.9 Å². The Balaban J connectivity index is 1.67. The third-order valence-corrected chi connectivity index (χ3v) is 7.00. The molecule has 1 N–H and O–H groups in total. The van der Waals surface area contributed by atoms with Gasteiger partial charge in [0.1, 0.15) is 9.84 Å². The second kappa shape index (κ2) is 5.50. The average Bonchev–Trinajstić information content (AvgIpc) is 3.15. The van der Waals surface area contributed by atoms with E-state index in [1.54, 1.807) is 0 Å². The normalized spacial score (nSPS) is 33.6. The molecule has 5 heteroatoms. The first-order valence-electron chi connectivity index (χ1n) is 8.51. The molecule has 2 aliphatic carbocycles. The Morgan fingerprint density at radius 1 is 1.24 bits per heavy atom. The summed E-state index contributed by atoms with van der Waals surface area (Å²) in [6.07, 6.45) is 10.0. The van der Waals surface area contributed by atoms with Crippen LogP contribution in [0.5, 0.6) is 0 Å². The Bertz CT molecular complexity index is 481. The highest BCUT2D eigenvalue weighted by Gasteiger charge is 2.51. The molecule has 3 fully saturated rings. The molecule has 4 nitrogen and oxygen atoms in total. The molecule has 2 saturated carbocycles. The summed E-state index contributed by atoms with van der Waals surface area (Å²) in [7, 11) is -2.84. The first kappa shape index (κ1) is 15.8. The van der Waals surface area contributed by atoms with Gasteiger partial charge in [-0.1, -0.05) is 12.8 Å². The van der Waals surface area contributed by atoms with E-state index in [-0.39, 0.29) is 5.54 Å². The van der Waals surface area contributed by atoms with Crippen LogP contribution in [0.4, 0.5) is 0 Å². The first-order valence-corrected chi connectivity index (χ1v) is 10.6. The highest BCUT2D eigenvalue weighted by atomic mass is 32.2. The topological polar surface area (TPSA) is 49.4 Å². The molecule has 1 unspecified atom stereocenters. The van der Waals surface area contributed by atoms with E-state index in [1.165, 1.54) is 44.8 Å². The van der Waals surface area contributed by atoms with E-state index in [9.17, 15) is 8.42 Å². The van der Waals surface area contributed by atoms with Crippen molar-refractivity contribution >= 4 is 9.84 Å². The van der Waals surface area contributed by atoms with Crippen molar-refractivity contribution in [3.05, 3.63) is 0 Å². The standard InChI is InChI=1S/C16H30N2O2S/c1-15(14-6-7-14)13-18(10-5-11-21(2,19)20)16(12-17-15)8-3-4-9-16/h14,17H,3-13H2,1-2H3. The summed E-state index contributed by atoms with van der Waals surface area (Å²) in [6, 6.07) is 0. The van der Waals surface area contributed by atoms with Crippen molar-refractivity contribution < 1.29 is 8.42 Å². The second-order valence-corrected chi connectivity index (χ2v) is 10.1. The maximum atomic E-state index is 11.4. The number of nitrogens with zero attached hydrogens (tertiary/aromatic N) is 1. The van der Waals surface area contributed by atoms with Gasteiger partial charge in [-0.2, -0.15) is 0 Å². The maximum absolute atomic E-state index is 11.4. The summed E-state index contributed by atoms with van der Waals surface area (Å²) in [5.74, 6) is 1.15. The summed E-state index contributed by atoms with van der Waals surface area (Å²) >= 11 is 0. The van der Waals surface area contributed by atoms with Crippen LogP contribution in [0.2, 0.25) is 0 Å². The minimum atomic E-state index is -2.84. The van der Waals surface area contributed by atoms with Crippen LogP contribution < -0.4 is 5.32 Å². The SMILES string of the molecule is CC1(C2CC2)CN(CCCS(C)(=O)=O)C2(CCCC2)CN1. The zero-order valence-corrected chi connectivity index (χ0v) is 14.3. The Morgan fingerprint density at radius 2 is 1.90 bits per heavy atom. The van der Waals surface area contributed by atoms with Crippen LogP contribution >= 0.6 is 0 Å². The lowest BCUT2D eigenvalue weighted by molar-refractivity contribution is 0.00605. The third kappa shape index (κ3) is 3.45. The molecular formula is C16H30N2O2S. The lowest BCUT2D eigenvalue weighted by Gasteiger charge is -2.53. The summed E-state index contributed by atoms with van der Waals surface area (Å²) in [6.45, 7) is 5.51. The molecule has 0 aromatic rings. The van der Waals surface area contributed by atoms with E-state index in [4.69, 9.17) is 0 Å². The zero-order chi connectivity index (χ0) is 15.1. The van der Waals surface area contributed by atoms with Gasteiger partial charge in [0.2, 0.25) is 0 Å². The van der Waals surface area contributed by atoms with Crippen molar-refractivity contribution in [3.8, 4) is 0 Å². The molecule has 0 aromatic carbocycles. The summed E-state index contributed by atoms with van der Waals surface area (Å²) in [5.41, 5.74) is 0.560. The van der Waals surface area contributed by atoms with Gasteiger partial charge in [-0.15, -0.1) is 0 Å². The van der Waals surface area contributed by atoms with E-state index in [2.05, 4.69) is 17.1 Å². The van der Waals surface area contributed by atoms with Crippen molar-refractivity contribution in [2.75, 3.05) is 31.6 Å². The lowest BCUT2D eigenvalue weighted by Crippen LogP contribution is -2.69. The first-order chi connectivity index (χ1) is 9.83. The van der Waals surface area contributed by atoms with E-state index in [1.807, 2.05) is 0 Å². The van der Waals surface area contributed by atoms with Gasteiger partial charge in [0.15, 0.2) is 0 Å². The van der Waals surface area contributed by atoms with Crippen LogP contribution in [-0.2, 0) is 9.84 Å². The van der Waals surface area contributed by atoms with E-state index < -0.39 is 9.84 Å². The molecule has 3 aliphatic rings. The molecule has 0 amide bonds. The predicted octanol–water partition coefficient (Wildman–Crippen LogP) is 1.81. The van der Waals surface area contributed by atoms with Crippen molar-refractivity contribution in [1.82, 2.24) is 10.2 Å². The highest BCUT2D eigenvalue weighted by Crippen LogP contribution is 2.45. The maximum Gasteiger partial charge on any atom is 0.147 e. The Hall–Kier alpha value is -0.130. The summed E-state index contributed by atoms with van der Waals surface area (Å²) < 4.78 is 22.8. The molecule has 1 spiro atoms. The van der Waals surface area contributed by atoms with Gasteiger partial charge in [0, 0.05) is 30.4 Å². The van der Waals surface area contributed by atoms with Crippen molar-refractivity contribution in [3.63, 3.8) is 0 Å². The smallest absolute Gasteiger partial charge is 0.147 e. The van der Waals surface area contributed by atoms with Gasteiger partial charge in [-0.3, -0.25) is 4.90 Å². The van der Waals surface area contributed by atoms with Gasteiger partial charge in [-0.05, 0) is 51.5 Å². The van der Waals surface area contributed by atoms with Crippen LogP contribution in [0.3, 0.4) is 0 Å². The molecule has 122 valence electrons. The van der Waals surface area contributed by atoms with Crippen LogP contribution in [0.15, 0.2) is 0 Å². The average molecular weight is 314 g/mol. The van der Waals surface area contributed by atoms with Crippen LogP contribution in [0, 0.1) is 5.92 Å². The molecule has 0 bridgehead atoms. The Morgan fingerprint density at radius 3 is 2.48 bits per heavy atom. The molecule has 0 aromatic heterocycles. The fraction of sp³-hybridized carbons (Fsp3) is 1.00. The molecular weight excluding hydrogens is 284 g/mol. The van der Waals surface area contributed by atoms with E-state index in [0.29, 0.717) is 11.3 Å². The fourth-order valence-electron chi connectivity index (χ4n) is 4.45. The number of hydrogen-bond acceptors (Lipinski definition) is 4. The minimum absolute atomic E-state index is 0.249. The minimum Gasteiger partial charge on any atom is -0.308 e. The largest absolute Gasteiger partial charge is 0.308 e. The van der Waals surface area contributed by atoms with Gasteiger partial charge in [0.25, 0.3) is 0 Å². The predicted molar refractivity (Wildman–Crippen MR) is 86.2 cm³/mol. The van der Waals surface area contributed by atoms with Gasteiger partial charge in [-0.25, -0.2) is 8.42 Å². The number of rotatable bonds is 5. The fourth-order valence-corrected chi connectivity index (χ4v) is 5.11. The number of piperazine rings is 1. The second-order valence-electron chi connectivity index (χ2n) is 7.88. The lowest BCUT2D eigenvalue weighted by atomic mass is 9.83. The number of hydrogen-bond donors (Lipinski definition) is 1. The van der Waals surface area contributed by atoms with Gasteiger partial charge < -0.3 is 5.32 Å². The van der Waals surface area contributed by atoms with E-state index in [0.717, 1.165) is 32.0 Å². The van der Waals surface area contributed by atoms with Gasteiger partial charge in [0.05, 0.1) is 5.75 Å². The number of nitrogens with one attached hydrogen (secondary N) is 1. The monoisotopic (exact) mass is 314 g/mol. The van der Waals surface area contributed by atoms with E-state index >= 15 is 0 Å². The van der Waals surface area contributed by atoms with Crippen molar-refractivity contribution in [2.24, 2.45) is 5.92 Å². The summed E-state index contributed by atoms with van der Waals surface area (Å²) in [4.78, 5) is 2.65. The van der Waals surface area contributed by atoms with Crippen LogP contribution in [-0.4, -0.2) is 56.0 Å². The molecule has 1 atom stereocenters.